The lowest BCUT2D eigenvalue weighted by Crippen LogP contribution is -2.42. The van der Waals surface area contributed by atoms with Gasteiger partial charge in [0.1, 0.15) is 12.7 Å². The maximum absolute atomic E-state index is 13.4. The molecule has 5 heteroatoms. The molecule has 0 saturated heterocycles. The molecule has 0 spiro atoms. The zero-order valence-electron chi connectivity index (χ0n) is 36.9. The first kappa shape index (κ1) is 49.6. The maximum atomic E-state index is 13.4. The molecule has 5 unspecified atom stereocenters. The smallest absolute Gasteiger partial charge is 0.311 e. The molecule has 0 aliphatic heterocycles. The van der Waals surface area contributed by atoms with Gasteiger partial charge in [-0.05, 0) is 108 Å². The van der Waals surface area contributed by atoms with Gasteiger partial charge in [-0.25, -0.2) is 0 Å². The molecule has 0 N–H and O–H groups in total. The van der Waals surface area contributed by atoms with Crippen molar-refractivity contribution in [3.63, 3.8) is 0 Å². The van der Waals surface area contributed by atoms with Gasteiger partial charge in [0.05, 0.1) is 5.41 Å². The number of nitrogens with zero attached hydrogens (tertiary/aromatic N) is 1. The Morgan fingerprint density at radius 1 is 0.686 bits per heavy atom. The first-order valence-electron chi connectivity index (χ1n) is 21.3. The Hall–Kier alpha value is -1.36. The van der Waals surface area contributed by atoms with Crippen LogP contribution in [0.15, 0.2) is 12.2 Å². The lowest BCUT2D eigenvalue weighted by atomic mass is 9.68. The van der Waals surface area contributed by atoms with Gasteiger partial charge in [0.2, 0.25) is 0 Å². The molecule has 5 nitrogen and oxygen atoms in total. The average molecular weight is 720 g/mol. The zero-order valence-corrected chi connectivity index (χ0v) is 36.9. The van der Waals surface area contributed by atoms with Crippen molar-refractivity contribution in [2.45, 2.75) is 199 Å². The molecule has 302 valence electrons. The summed E-state index contributed by atoms with van der Waals surface area (Å²) in [6, 6.07) is 0. The van der Waals surface area contributed by atoms with Crippen LogP contribution < -0.4 is 0 Å². The molecule has 0 saturated carbocycles. The van der Waals surface area contributed by atoms with E-state index in [2.05, 4.69) is 87.1 Å². The van der Waals surface area contributed by atoms with Crippen molar-refractivity contribution >= 4 is 11.9 Å². The summed E-state index contributed by atoms with van der Waals surface area (Å²) < 4.78 is 12.2. The van der Waals surface area contributed by atoms with Crippen LogP contribution in [0.25, 0.3) is 0 Å². The lowest BCUT2D eigenvalue weighted by Gasteiger charge is -2.41. The second-order valence-corrected chi connectivity index (χ2v) is 19.6. The summed E-state index contributed by atoms with van der Waals surface area (Å²) in [4.78, 5) is 28.7. The molecule has 0 bridgehead atoms. The summed E-state index contributed by atoms with van der Waals surface area (Å²) in [5, 5.41) is 0. The third-order valence-corrected chi connectivity index (χ3v) is 11.2. The third kappa shape index (κ3) is 24.6. The van der Waals surface area contributed by atoms with E-state index in [4.69, 9.17) is 9.47 Å². The summed E-state index contributed by atoms with van der Waals surface area (Å²) in [5.74, 6) is 3.33. The van der Waals surface area contributed by atoms with Gasteiger partial charge in [0, 0.05) is 11.8 Å². The number of esters is 2. The highest BCUT2D eigenvalue weighted by molar-refractivity contribution is 5.76. The minimum Gasteiger partial charge on any atom is -0.462 e. The van der Waals surface area contributed by atoms with Crippen LogP contribution in [0.2, 0.25) is 0 Å². The molecule has 0 aromatic heterocycles. The molecule has 0 fully saturated rings. The zero-order chi connectivity index (χ0) is 39.3. The van der Waals surface area contributed by atoms with E-state index < -0.39 is 5.41 Å². The summed E-state index contributed by atoms with van der Waals surface area (Å²) in [5.41, 5.74) is -0.967. The molecule has 0 amide bonds. The van der Waals surface area contributed by atoms with Crippen LogP contribution in [0.1, 0.15) is 193 Å². The highest BCUT2D eigenvalue weighted by atomic mass is 16.5. The van der Waals surface area contributed by atoms with Gasteiger partial charge >= 0.3 is 11.9 Å². The van der Waals surface area contributed by atoms with E-state index >= 15 is 0 Å². The van der Waals surface area contributed by atoms with Gasteiger partial charge in [-0.3, -0.25) is 9.59 Å². The van der Waals surface area contributed by atoms with Gasteiger partial charge in [0.15, 0.2) is 0 Å². The van der Waals surface area contributed by atoms with Gasteiger partial charge in [-0.2, -0.15) is 0 Å². The van der Waals surface area contributed by atoms with Crippen molar-refractivity contribution in [1.29, 1.82) is 0 Å². The predicted molar refractivity (Wildman–Crippen MR) is 221 cm³/mol. The van der Waals surface area contributed by atoms with Crippen molar-refractivity contribution < 1.29 is 19.1 Å². The van der Waals surface area contributed by atoms with E-state index in [1.165, 1.54) is 57.8 Å². The van der Waals surface area contributed by atoms with Gasteiger partial charge in [0.25, 0.3) is 0 Å². The van der Waals surface area contributed by atoms with Crippen LogP contribution in [0.5, 0.6) is 0 Å². The minimum absolute atomic E-state index is 0.0705. The van der Waals surface area contributed by atoms with E-state index in [0.29, 0.717) is 24.7 Å². The fraction of sp³-hybridized carbons (Fsp3) is 0.913. The molecule has 0 heterocycles. The number of rotatable bonds is 30. The van der Waals surface area contributed by atoms with Gasteiger partial charge < -0.3 is 14.4 Å². The average Bonchev–Trinajstić information content (AvgIpc) is 2.99. The van der Waals surface area contributed by atoms with Crippen molar-refractivity contribution in [1.82, 2.24) is 4.90 Å². The van der Waals surface area contributed by atoms with Crippen molar-refractivity contribution in [3.05, 3.63) is 12.2 Å². The second kappa shape index (κ2) is 25.6. The SMILES string of the molecule is CCC(C)(CC(C)(C)C(=O)OCC=CC(C)(C)CC(C)C)C(CCC(C)CCCC(C)CCCC(C)CCCC(C)C)OC(=O)CCCN(C)C. The van der Waals surface area contributed by atoms with Crippen molar-refractivity contribution in [2.75, 3.05) is 27.2 Å². The molecule has 0 radical (unpaired) electrons. The molecule has 0 rings (SSSR count). The summed E-state index contributed by atoms with van der Waals surface area (Å²) in [7, 11) is 4.06. The van der Waals surface area contributed by atoms with Gasteiger partial charge in [-0.15, -0.1) is 0 Å². The Labute approximate surface area is 319 Å². The Balaban J connectivity index is 5.29. The Kier molecular flexibility index (Phi) is 24.9. The van der Waals surface area contributed by atoms with Crippen LogP contribution in [0.4, 0.5) is 0 Å². The molecular weight excluding hydrogens is 631 g/mol. The Bertz CT molecular complexity index is 951. The molecule has 51 heavy (non-hydrogen) atoms. The quantitative estimate of drug-likeness (QED) is 0.0546. The van der Waals surface area contributed by atoms with Crippen LogP contribution >= 0.6 is 0 Å². The van der Waals surface area contributed by atoms with Crippen molar-refractivity contribution in [2.24, 2.45) is 45.8 Å². The molecule has 5 atom stereocenters. The lowest BCUT2D eigenvalue weighted by molar-refractivity contribution is -0.163. The minimum atomic E-state index is -0.699. The van der Waals surface area contributed by atoms with Crippen LogP contribution in [0, 0.1) is 45.8 Å². The number of ether oxygens (including phenoxy) is 2. The number of carbonyl (C=O) groups excluding carboxylic acids is 2. The molecule has 0 aromatic rings. The number of hydrogen-bond acceptors (Lipinski definition) is 5. The van der Waals surface area contributed by atoms with Crippen molar-refractivity contribution in [3.8, 4) is 0 Å². The van der Waals surface area contributed by atoms with E-state index in [0.717, 1.165) is 56.4 Å². The monoisotopic (exact) mass is 720 g/mol. The number of hydrogen-bond donors (Lipinski definition) is 0. The Morgan fingerprint density at radius 2 is 1.20 bits per heavy atom. The van der Waals surface area contributed by atoms with E-state index in [-0.39, 0.29) is 35.5 Å². The topological polar surface area (TPSA) is 55.8 Å². The normalized spacial score (nSPS) is 16.4. The molecule has 0 aliphatic carbocycles. The highest BCUT2D eigenvalue weighted by Crippen LogP contribution is 2.43. The largest absolute Gasteiger partial charge is 0.462 e. The second-order valence-electron chi connectivity index (χ2n) is 19.6. The fourth-order valence-electron chi connectivity index (χ4n) is 8.03. The van der Waals surface area contributed by atoms with Crippen LogP contribution in [-0.2, 0) is 19.1 Å². The standard InChI is InChI=1S/C46H89NO4/c1-16-46(13,35-45(11,12)43(49)50-33-21-31-44(9,10)34-37(4)5)41(51-42(48)28-20-32-47(14)15)30-29-40(8)27-19-26-39(7)25-18-24-38(6)23-17-22-36(2)3/h21,31,36-41H,16-20,22-30,32-35H2,1-15H3. The summed E-state index contributed by atoms with van der Waals surface area (Å²) in [6.45, 7) is 30.3. The molecule has 0 aromatic carbocycles. The maximum Gasteiger partial charge on any atom is 0.311 e. The molecule has 0 aliphatic rings. The first-order valence-corrected chi connectivity index (χ1v) is 21.3. The number of carbonyl (C=O) groups is 2. The van der Waals surface area contributed by atoms with Gasteiger partial charge in [-0.1, -0.05) is 146 Å². The summed E-state index contributed by atoms with van der Waals surface area (Å²) >= 11 is 0. The Morgan fingerprint density at radius 3 is 1.67 bits per heavy atom. The van der Waals surface area contributed by atoms with E-state index in [1.807, 2.05) is 34.0 Å². The molecular formula is C46H89NO4. The third-order valence-electron chi connectivity index (χ3n) is 11.2. The first-order chi connectivity index (χ1) is 23.6. The van der Waals surface area contributed by atoms with Crippen LogP contribution in [-0.4, -0.2) is 50.2 Å². The fourth-order valence-corrected chi connectivity index (χ4v) is 8.03. The number of allylic oxidation sites excluding steroid dienone is 1. The highest BCUT2D eigenvalue weighted by Gasteiger charge is 2.43. The van der Waals surface area contributed by atoms with Crippen LogP contribution in [0.3, 0.4) is 0 Å². The van der Waals surface area contributed by atoms with E-state index in [9.17, 15) is 9.59 Å². The predicted octanol–water partition coefficient (Wildman–Crippen LogP) is 13.1. The van der Waals surface area contributed by atoms with E-state index in [1.54, 1.807) is 0 Å². The summed E-state index contributed by atoms with van der Waals surface area (Å²) in [6.07, 6.45) is 21.4.